The molecule has 27 heavy (non-hydrogen) atoms. The smallest absolute Gasteiger partial charge is 0.319 e. The number of hydrogen-bond acceptors (Lipinski definition) is 4. The molecule has 1 atom stereocenters. The van der Waals surface area contributed by atoms with Gasteiger partial charge in [0.25, 0.3) is 0 Å². The van der Waals surface area contributed by atoms with Crippen LogP contribution >= 0.6 is 11.6 Å². The number of anilines is 1. The van der Waals surface area contributed by atoms with Crippen LogP contribution in [-0.4, -0.2) is 42.7 Å². The molecule has 0 bridgehead atoms. The average molecular weight is 389 g/mol. The molecular weight excluding hydrogens is 364 g/mol. The van der Waals surface area contributed by atoms with Gasteiger partial charge in [0.15, 0.2) is 5.15 Å². The number of halogens is 1. The van der Waals surface area contributed by atoms with Crippen LogP contribution in [0.2, 0.25) is 5.15 Å². The number of piperidine rings is 1. The van der Waals surface area contributed by atoms with Crippen LogP contribution in [0, 0.1) is 0 Å². The Labute approximate surface area is 164 Å². The molecule has 1 aliphatic rings. The van der Waals surface area contributed by atoms with Crippen LogP contribution in [0.15, 0.2) is 42.6 Å². The summed E-state index contributed by atoms with van der Waals surface area (Å²) >= 11 is 6.01. The van der Waals surface area contributed by atoms with E-state index in [0.717, 1.165) is 24.4 Å². The number of aromatic nitrogens is 1. The Morgan fingerprint density at radius 2 is 2.00 bits per heavy atom. The predicted octanol–water partition coefficient (Wildman–Crippen LogP) is 4.09. The lowest BCUT2D eigenvalue weighted by Crippen LogP contribution is -2.41. The molecule has 7 heteroatoms. The van der Waals surface area contributed by atoms with Gasteiger partial charge in [-0.15, -0.1) is 0 Å². The number of amides is 2. The van der Waals surface area contributed by atoms with Crippen LogP contribution in [0.1, 0.15) is 30.9 Å². The number of ether oxygens (including phenoxy) is 1. The Hall–Kier alpha value is -2.31. The lowest BCUT2D eigenvalue weighted by molar-refractivity contribution is 0.158. The zero-order chi connectivity index (χ0) is 19.1. The van der Waals surface area contributed by atoms with Crippen LogP contribution in [0.4, 0.5) is 10.5 Å². The number of likely N-dealkylation sites (tertiary alicyclic amines) is 1. The first kappa shape index (κ1) is 19.5. The summed E-state index contributed by atoms with van der Waals surface area (Å²) in [7, 11) is 1.68. The molecule has 0 aliphatic carbocycles. The van der Waals surface area contributed by atoms with Crippen molar-refractivity contribution in [2.75, 3.05) is 32.1 Å². The van der Waals surface area contributed by atoms with E-state index in [1.807, 2.05) is 18.2 Å². The number of para-hydroxylation sites is 1. The maximum absolute atomic E-state index is 12.4. The molecule has 2 N–H and O–H groups in total. The number of nitrogens with zero attached hydrogens (tertiary/aromatic N) is 2. The van der Waals surface area contributed by atoms with Crippen molar-refractivity contribution < 1.29 is 9.53 Å². The van der Waals surface area contributed by atoms with Gasteiger partial charge in [-0.1, -0.05) is 36.2 Å². The average Bonchev–Trinajstić information content (AvgIpc) is 2.71. The molecular formula is C20H25ClN4O2. The Morgan fingerprint density at radius 3 is 2.74 bits per heavy atom. The molecule has 1 aliphatic heterocycles. The van der Waals surface area contributed by atoms with E-state index in [2.05, 4.69) is 26.6 Å². The number of nitrogens with one attached hydrogen (secondary N) is 2. The molecule has 1 fully saturated rings. The van der Waals surface area contributed by atoms with E-state index in [-0.39, 0.29) is 17.2 Å². The largest absolute Gasteiger partial charge is 0.496 e. The van der Waals surface area contributed by atoms with E-state index in [1.165, 1.54) is 19.3 Å². The highest BCUT2D eigenvalue weighted by molar-refractivity contribution is 6.32. The number of benzene rings is 1. The number of rotatable bonds is 6. The molecule has 1 unspecified atom stereocenters. The van der Waals surface area contributed by atoms with Crippen LogP contribution in [0.25, 0.3) is 0 Å². The summed E-state index contributed by atoms with van der Waals surface area (Å²) in [5.41, 5.74) is 1.57. The summed E-state index contributed by atoms with van der Waals surface area (Å²) in [5, 5.41) is 5.99. The molecule has 0 spiro atoms. The first-order chi connectivity index (χ1) is 13.2. The summed E-state index contributed by atoms with van der Waals surface area (Å²) < 4.78 is 5.55. The van der Waals surface area contributed by atoms with E-state index in [9.17, 15) is 4.79 Å². The Balaban J connectivity index is 1.71. The topological polar surface area (TPSA) is 66.5 Å². The summed E-state index contributed by atoms with van der Waals surface area (Å²) in [6, 6.07) is 11.2. The molecule has 0 saturated carbocycles. The van der Waals surface area contributed by atoms with Gasteiger partial charge in [-0.3, -0.25) is 4.90 Å². The Morgan fingerprint density at radius 1 is 1.22 bits per heavy atom. The first-order valence-corrected chi connectivity index (χ1v) is 9.59. The van der Waals surface area contributed by atoms with Crippen molar-refractivity contribution in [2.24, 2.45) is 0 Å². The number of hydrogen-bond donors (Lipinski definition) is 2. The van der Waals surface area contributed by atoms with Crippen molar-refractivity contribution in [2.45, 2.75) is 25.3 Å². The normalized spacial score (nSPS) is 15.8. The standard InChI is InChI=1S/C20H25ClN4O2/c1-27-18-10-4-3-8-15(18)17(25-12-5-2-6-13-25)14-23-20(26)24-16-9-7-11-22-19(16)21/h3-4,7-11,17H,2,5-6,12-14H2,1H3,(H2,23,24,26). The molecule has 2 aromatic rings. The molecule has 0 radical (unpaired) electrons. The molecule has 1 aromatic carbocycles. The summed E-state index contributed by atoms with van der Waals surface area (Å²) in [6.45, 7) is 2.50. The number of methoxy groups -OCH3 is 1. The van der Waals surface area contributed by atoms with E-state index < -0.39 is 0 Å². The zero-order valence-corrected chi connectivity index (χ0v) is 16.2. The van der Waals surface area contributed by atoms with Crippen LogP contribution < -0.4 is 15.4 Å². The van der Waals surface area contributed by atoms with Gasteiger partial charge in [0.05, 0.1) is 18.8 Å². The zero-order valence-electron chi connectivity index (χ0n) is 15.5. The Bertz CT molecular complexity index is 765. The fourth-order valence-electron chi connectivity index (χ4n) is 3.44. The third kappa shape index (κ3) is 5.11. The minimum Gasteiger partial charge on any atom is -0.496 e. The highest BCUT2D eigenvalue weighted by Crippen LogP contribution is 2.31. The van der Waals surface area contributed by atoms with Gasteiger partial charge < -0.3 is 15.4 Å². The van der Waals surface area contributed by atoms with Gasteiger partial charge in [0, 0.05) is 18.3 Å². The highest BCUT2D eigenvalue weighted by Gasteiger charge is 2.25. The SMILES string of the molecule is COc1ccccc1C(CNC(=O)Nc1cccnc1Cl)N1CCCCC1. The molecule has 1 saturated heterocycles. The van der Waals surface area contributed by atoms with Gasteiger partial charge in [-0.05, 0) is 44.1 Å². The molecule has 3 rings (SSSR count). The second-order valence-corrected chi connectivity index (χ2v) is 6.89. The molecule has 2 amide bonds. The third-order valence-corrected chi connectivity index (χ3v) is 5.09. The monoisotopic (exact) mass is 388 g/mol. The summed E-state index contributed by atoms with van der Waals surface area (Å²) in [6.07, 6.45) is 5.17. The summed E-state index contributed by atoms with van der Waals surface area (Å²) in [5.74, 6) is 0.839. The van der Waals surface area contributed by atoms with Gasteiger partial charge in [-0.2, -0.15) is 0 Å². The highest BCUT2D eigenvalue weighted by atomic mass is 35.5. The van der Waals surface area contributed by atoms with Crippen molar-refractivity contribution in [1.82, 2.24) is 15.2 Å². The number of carbonyl (C=O) groups excluding carboxylic acids is 1. The van der Waals surface area contributed by atoms with Gasteiger partial charge in [0.2, 0.25) is 0 Å². The van der Waals surface area contributed by atoms with Gasteiger partial charge >= 0.3 is 6.03 Å². The number of carbonyl (C=O) groups is 1. The minimum absolute atomic E-state index is 0.0524. The molecule has 1 aromatic heterocycles. The van der Waals surface area contributed by atoms with Crippen LogP contribution in [0.3, 0.4) is 0 Å². The molecule has 6 nitrogen and oxygen atoms in total. The molecule has 144 valence electrons. The number of pyridine rings is 1. The predicted molar refractivity (Wildman–Crippen MR) is 107 cm³/mol. The minimum atomic E-state index is -0.304. The maximum atomic E-state index is 12.4. The Kier molecular flexibility index (Phi) is 6.90. The lowest BCUT2D eigenvalue weighted by Gasteiger charge is -2.35. The van der Waals surface area contributed by atoms with E-state index in [4.69, 9.17) is 16.3 Å². The quantitative estimate of drug-likeness (QED) is 0.731. The van der Waals surface area contributed by atoms with Crippen molar-refractivity contribution in [1.29, 1.82) is 0 Å². The third-order valence-electron chi connectivity index (χ3n) is 4.79. The fraction of sp³-hybridized carbons (Fsp3) is 0.400. The van der Waals surface area contributed by atoms with Crippen molar-refractivity contribution in [3.8, 4) is 5.75 Å². The van der Waals surface area contributed by atoms with Crippen LogP contribution in [0.5, 0.6) is 5.75 Å². The van der Waals surface area contributed by atoms with Crippen LogP contribution in [-0.2, 0) is 0 Å². The summed E-state index contributed by atoms with van der Waals surface area (Å²) in [4.78, 5) is 18.8. The lowest BCUT2D eigenvalue weighted by atomic mass is 10.0. The maximum Gasteiger partial charge on any atom is 0.319 e. The molecule has 2 heterocycles. The van der Waals surface area contributed by atoms with E-state index >= 15 is 0 Å². The van der Waals surface area contributed by atoms with Crippen molar-refractivity contribution in [3.05, 3.63) is 53.3 Å². The first-order valence-electron chi connectivity index (χ1n) is 9.21. The van der Waals surface area contributed by atoms with Crippen molar-refractivity contribution in [3.63, 3.8) is 0 Å². The second kappa shape index (κ2) is 9.58. The van der Waals surface area contributed by atoms with Gasteiger partial charge in [-0.25, -0.2) is 9.78 Å². The van der Waals surface area contributed by atoms with E-state index in [1.54, 1.807) is 25.4 Å². The second-order valence-electron chi connectivity index (χ2n) is 6.53. The van der Waals surface area contributed by atoms with Gasteiger partial charge in [0.1, 0.15) is 5.75 Å². The van der Waals surface area contributed by atoms with Crippen molar-refractivity contribution >= 4 is 23.3 Å². The van der Waals surface area contributed by atoms with E-state index in [0.29, 0.717) is 12.2 Å². The fourth-order valence-corrected chi connectivity index (χ4v) is 3.61. The number of urea groups is 1.